The fourth-order valence-corrected chi connectivity index (χ4v) is 1.89. The molecule has 4 nitrogen and oxygen atoms in total. The number of carbonyl (C=O) groups is 1. The number of primary amides is 1. The lowest BCUT2D eigenvalue weighted by Gasteiger charge is -2.28. The second kappa shape index (κ2) is 6.94. The predicted octanol–water partition coefficient (Wildman–Crippen LogP) is 2.61. The van der Waals surface area contributed by atoms with Crippen molar-refractivity contribution in [1.29, 1.82) is 0 Å². The van der Waals surface area contributed by atoms with E-state index in [0.717, 1.165) is 18.7 Å². The Labute approximate surface area is 128 Å². The Balaban J connectivity index is 2.79. The zero-order chi connectivity index (χ0) is 16.1. The van der Waals surface area contributed by atoms with Crippen LogP contribution in [0.5, 0.6) is 5.75 Å². The lowest BCUT2D eigenvalue weighted by Crippen LogP contribution is -2.57. The van der Waals surface area contributed by atoms with Gasteiger partial charge in [-0.25, -0.2) is 0 Å². The minimum atomic E-state index is -0.853. The molecule has 0 aliphatic rings. The zero-order valence-electron chi connectivity index (χ0n) is 13.8. The van der Waals surface area contributed by atoms with Crippen LogP contribution in [0.15, 0.2) is 24.3 Å². The summed E-state index contributed by atoms with van der Waals surface area (Å²) < 4.78 is 5.80. The van der Waals surface area contributed by atoms with E-state index in [-0.39, 0.29) is 12.0 Å². The maximum atomic E-state index is 11.7. The van der Waals surface area contributed by atoms with Crippen LogP contribution in [0.4, 0.5) is 0 Å². The molecule has 0 aromatic heterocycles. The molecule has 0 fully saturated rings. The number of hydrogen-bond donors (Lipinski definition) is 2. The standard InChI is InChI=1S/C17H28N2O2/c1-6-10-19-17(5,15(18)20)12-21-14-9-7-8-13(11-14)16(2,3)4/h7-9,11,19H,6,10,12H2,1-5H3,(H2,18,20). The molecule has 21 heavy (non-hydrogen) atoms. The highest BCUT2D eigenvalue weighted by molar-refractivity contribution is 5.84. The van der Waals surface area contributed by atoms with Gasteiger partial charge in [-0.1, -0.05) is 39.8 Å². The third kappa shape index (κ3) is 5.05. The van der Waals surface area contributed by atoms with Gasteiger partial charge in [-0.05, 0) is 43.0 Å². The van der Waals surface area contributed by atoms with Crippen molar-refractivity contribution in [3.05, 3.63) is 29.8 Å². The summed E-state index contributed by atoms with van der Waals surface area (Å²) in [5.74, 6) is 0.358. The maximum absolute atomic E-state index is 11.7. The third-order valence-electron chi connectivity index (χ3n) is 3.54. The Kier molecular flexibility index (Phi) is 5.78. The first-order valence-electron chi connectivity index (χ1n) is 7.47. The van der Waals surface area contributed by atoms with E-state index in [1.807, 2.05) is 25.1 Å². The van der Waals surface area contributed by atoms with Crippen LogP contribution in [0.2, 0.25) is 0 Å². The first kappa shape index (κ1) is 17.5. The molecule has 0 bridgehead atoms. The van der Waals surface area contributed by atoms with E-state index in [4.69, 9.17) is 10.5 Å². The van der Waals surface area contributed by atoms with Crippen LogP contribution in [0.1, 0.15) is 46.6 Å². The number of nitrogens with one attached hydrogen (secondary N) is 1. The summed E-state index contributed by atoms with van der Waals surface area (Å²) in [6.45, 7) is 11.2. The van der Waals surface area contributed by atoms with Crippen LogP contribution in [0.25, 0.3) is 0 Å². The van der Waals surface area contributed by atoms with Gasteiger partial charge in [0.15, 0.2) is 0 Å². The zero-order valence-corrected chi connectivity index (χ0v) is 13.8. The Hall–Kier alpha value is -1.55. The van der Waals surface area contributed by atoms with Crippen LogP contribution in [0.3, 0.4) is 0 Å². The Morgan fingerprint density at radius 2 is 1.95 bits per heavy atom. The Morgan fingerprint density at radius 3 is 2.48 bits per heavy atom. The van der Waals surface area contributed by atoms with E-state index >= 15 is 0 Å². The summed E-state index contributed by atoms with van der Waals surface area (Å²) in [4.78, 5) is 11.7. The van der Waals surface area contributed by atoms with Crippen molar-refractivity contribution < 1.29 is 9.53 Å². The molecule has 0 heterocycles. The number of hydrogen-bond acceptors (Lipinski definition) is 3. The normalized spacial score (nSPS) is 14.5. The van der Waals surface area contributed by atoms with Crippen LogP contribution in [-0.2, 0) is 10.2 Å². The van der Waals surface area contributed by atoms with Gasteiger partial charge in [0, 0.05) is 0 Å². The Morgan fingerprint density at radius 1 is 1.29 bits per heavy atom. The first-order valence-corrected chi connectivity index (χ1v) is 7.47. The molecule has 1 atom stereocenters. The summed E-state index contributed by atoms with van der Waals surface area (Å²) >= 11 is 0. The fourth-order valence-electron chi connectivity index (χ4n) is 1.89. The van der Waals surface area contributed by atoms with Crippen molar-refractivity contribution in [3.63, 3.8) is 0 Å². The molecule has 0 saturated heterocycles. The van der Waals surface area contributed by atoms with Gasteiger partial charge < -0.3 is 15.8 Å². The molecule has 0 aliphatic heterocycles. The SMILES string of the molecule is CCCNC(C)(COc1cccc(C(C)(C)C)c1)C(N)=O. The maximum Gasteiger partial charge on any atom is 0.240 e. The molecule has 4 heteroatoms. The summed E-state index contributed by atoms with van der Waals surface area (Å²) in [6, 6.07) is 7.96. The number of ether oxygens (including phenoxy) is 1. The van der Waals surface area contributed by atoms with E-state index < -0.39 is 11.4 Å². The van der Waals surface area contributed by atoms with Crippen molar-refractivity contribution in [2.24, 2.45) is 5.73 Å². The van der Waals surface area contributed by atoms with Crippen LogP contribution in [-0.4, -0.2) is 24.6 Å². The van der Waals surface area contributed by atoms with Gasteiger partial charge in [-0.3, -0.25) is 4.79 Å². The van der Waals surface area contributed by atoms with Gasteiger partial charge in [-0.2, -0.15) is 0 Å². The van der Waals surface area contributed by atoms with Crippen molar-refractivity contribution in [2.75, 3.05) is 13.2 Å². The average Bonchev–Trinajstić information content (AvgIpc) is 2.42. The molecule has 118 valence electrons. The highest BCUT2D eigenvalue weighted by Gasteiger charge is 2.31. The Bertz CT molecular complexity index is 480. The molecule has 1 rings (SSSR count). The molecule has 1 aromatic carbocycles. The van der Waals surface area contributed by atoms with E-state index in [2.05, 4.69) is 32.2 Å². The molecule has 0 aliphatic carbocycles. The van der Waals surface area contributed by atoms with E-state index in [1.165, 1.54) is 5.56 Å². The lowest BCUT2D eigenvalue weighted by molar-refractivity contribution is -0.125. The number of rotatable bonds is 7. The molecule has 3 N–H and O–H groups in total. The fraction of sp³-hybridized carbons (Fsp3) is 0.588. The minimum Gasteiger partial charge on any atom is -0.491 e. The van der Waals surface area contributed by atoms with Gasteiger partial charge in [0.25, 0.3) is 0 Å². The number of benzene rings is 1. The van der Waals surface area contributed by atoms with Gasteiger partial charge >= 0.3 is 0 Å². The van der Waals surface area contributed by atoms with Crippen LogP contribution >= 0.6 is 0 Å². The van der Waals surface area contributed by atoms with Gasteiger partial charge in [0.05, 0.1) is 0 Å². The van der Waals surface area contributed by atoms with Crippen LogP contribution in [0, 0.1) is 0 Å². The van der Waals surface area contributed by atoms with Crippen LogP contribution < -0.4 is 15.8 Å². The molecule has 0 saturated carbocycles. The molecule has 1 unspecified atom stereocenters. The second-order valence-electron chi connectivity index (χ2n) is 6.69. The summed E-state index contributed by atoms with van der Waals surface area (Å²) in [7, 11) is 0. The van der Waals surface area contributed by atoms with Crippen molar-refractivity contribution in [2.45, 2.75) is 52.0 Å². The topological polar surface area (TPSA) is 64.3 Å². The first-order chi connectivity index (χ1) is 9.69. The number of nitrogens with two attached hydrogens (primary N) is 1. The number of carbonyl (C=O) groups excluding carboxylic acids is 1. The summed E-state index contributed by atoms with van der Waals surface area (Å²) in [5, 5.41) is 3.16. The smallest absolute Gasteiger partial charge is 0.240 e. The van der Waals surface area contributed by atoms with Gasteiger partial charge in [0.1, 0.15) is 17.9 Å². The summed E-state index contributed by atoms with van der Waals surface area (Å²) in [6.07, 6.45) is 0.933. The highest BCUT2D eigenvalue weighted by Crippen LogP contribution is 2.26. The second-order valence-corrected chi connectivity index (χ2v) is 6.69. The lowest BCUT2D eigenvalue weighted by atomic mass is 9.87. The summed E-state index contributed by atoms with van der Waals surface area (Å²) in [5.41, 5.74) is 5.90. The van der Waals surface area contributed by atoms with Crippen molar-refractivity contribution in [1.82, 2.24) is 5.32 Å². The molecule has 0 radical (unpaired) electrons. The highest BCUT2D eigenvalue weighted by atomic mass is 16.5. The number of amides is 1. The predicted molar refractivity (Wildman–Crippen MR) is 86.5 cm³/mol. The minimum absolute atomic E-state index is 0.0623. The molecule has 1 amide bonds. The molecular weight excluding hydrogens is 264 g/mol. The van der Waals surface area contributed by atoms with E-state index in [0.29, 0.717) is 0 Å². The molecule has 0 spiro atoms. The monoisotopic (exact) mass is 292 g/mol. The third-order valence-corrected chi connectivity index (χ3v) is 3.54. The van der Waals surface area contributed by atoms with E-state index in [1.54, 1.807) is 6.92 Å². The largest absolute Gasteiger partial charge is 0.491 e. The van der Waals surface area contributed by atoms with Crippen molar-refractivity contribution in [3.8, 4) is 5.75 Å². The molecule has 1 aromatic rings. The van der Waals surface area contributed by atoms with E-state index in [9.17, 15) is 4.79 Å². The quantitative estimate of drug-likeness (QED) is 0.812. The van der Waals surface area contributed by atoms with Gasteiger partial charge in [0.2, 0.25) is 5.91 Å². The average molecular weight is 292 g/mol. The molecular formula is C17H28N2O2. The van der Waals surface area contributed by atoms with Gasteiger partial charge in [-0.15, -0.1) is 0 Å². The van der Waals surface area contributed by atoms with Crippen molar-refractivity contribution >= 4 is 5.91 Å².